The number of sulfonamides is 1. The van der Waals surface area contributed by atoms with Crippen LogP contribution in [0.2, 0.25) is 0 Å². The SMILES string of the molecule is COc1ccc(OC2CCCN(S(=O)(=O)c3ccc(OC)c(OC)c3)C2)nn1. The van der Waals surface area contributed by atoms with Crippen LogP contribution in [0.5, 0.6) is 23.3 Å². The van der Waals surface area contributed by atoms with Gasteiger partial charge in [-0.05, 0) is 25.0 Å². The molecule has 10 heteroatoms. The zero-order valence-electron chi connectivity index (χ0n) is 16.0. The van der Waals surface area contributed by atoms with Gasteiger partial charge >= 0.3 is 0 Å². The molecule has 2 heterocycles. The Morgan fingerprint density at radius 3 is 2.32 bits per heavy atom. The van der Waals surface area contributed by atoms with Gasteiger partial charge in [-0.1, -0.05) is 0 Å². The maximum absolute atomic E-state index is 13.1. The predicted octanol–water partition coefficient (Wildman–Crippen LogP) is 1.73. The fourth-order valence-corrected chi connectivity index (χ4v) is 4.52. The molecule has 0 N–H and O–H groups in total. The van der Waals surface area contributed by atoms with Gasteiger partial charge in [-0.15, -0.1) is 10.2 Å². The summed E-state index contributed by atoms with van der Waals surface area (Å²) in [6.45, 7) is 0.648. The summed E-state index contributed by atoms with van der Waals surface area (Å²) in [6.07, 6.45) is 1.10. The van der Waals surface area contributed by atoms with Crippen molar-refractivity contribution in [3.05, 3.63) is 30.3 Å². The van der Waals surface area contributed by atoms with E-state index in [0.29, 0.717) is 36.2 Å². The normalized spacial score (nSPS) is 17.8. The second kappa shape index (κ2) is 8.61. The highest BCUT2D eigenvalue weighted by atomic mass is 32.2. The zero-order chi connectivity index (χ0) is 20.1. The van der Waals surface area contributed by atoms with Gasteiger partial charge < -0.3 is 18.9 Å². The van der Waals surface area contributed by atoms with Crippen molar-refractivity contribution in [1.82, 2.24) is 14.5 Å². The molecule has 152 valence electrons. The molecular formula is C18H23N3O6S. The van der Waals surface area contributed by atoms with Gasteiger partial charge in [-0.2, -0.15) is 4.31 Å². The number of benzene rings is 1. The number of rotatable bonds is 7. The topological polar surface area (TPSA) is 100 Å². The van der Waals surface area contributed by atoms with Crippen molar-refractivity contribution in [3.63, 3.8) is 0 Å². The van der Waals surface area contributed by atoms with Crippen LogP contribution in [0.15, 0.2) is 35.2 Å². The van der Waals surface area contributed by atoms with Crippen LogP contribution < -0.4 is 18.9 Å². The Kier molecular flexibility index (Phi) is 6.20. The Labute approximate surface area is 164 Å². The Bertz CT molecular complexity index is 904. The average molecular weight is 409 g/mol. The quantitative estimate of drug-likeness (QED) is 0.682. The predicted molar refractivity (Wildman–Crippen MR) is 101 cm³/mol. The lowest BCUT2D eigenvalue weighted by molar-refractivity contribution is 0.123. The van der Waals surface area contributed by atoms with E-state index in [0.717, 1.165) is 6.42 Å². The van der Waals surface area contributed by atoms with E-state index in [-0.39, 0.29) is 17.5 Å². The van der Waals surface area contributed by atoms with Crippen molar-refractivity contribution in [2.24, 2.45) is 0 Å². The first-order valence-electron chi connectivity index (χ1n) is 8.74. The van der Waals surface area contributed by atoms with Gasteiger partial charge in [0, 0.05) is 24.7 Å². The maximum atomic E-state index is 13.1. The van der Waals surface area contributed by atoms with E-state index < -0.39 is 10.0 Å². The highest BCUT2D eigenvalue weighted by molar-refractivity contribution is 7.89. The Morgan fingerprint density at radius 1 is 0.964 bits per heavy atom. The van der Waals surface area contributed by atoms with Crippen LogP contribution in [-0.4, -0.2) is 63.4 Å². The third-order valence-electron chi connectivity index (χ3n) is 4.45. The zero-order valence-corrected chi connectivity index (χ0v) is 16.8. The number of hydrogen-bond acceptors (Lipinski definition) is 8. The van der Waals surface area contributed by atoms with Crippen molar-refractivity contribution in [2.75, 3.05) is 34.4 Å². The first-order valence-corrected chi connectivity index (χ1v) is 10.2. The summed E-state index contributed by atoms with van der Waals surface area (Å²) in [5, 5.41) is 7.79. The highest BCUT2D eigenvalue weighted by Gasteiger charge is 2.32. The minimum Gasteiger partial charge on any atom is -0.493 e. The molecule has 0 aliphatic carbocycles. The largest absolute Gasteiger partial charge is 0.493 e. The van der Waals surface area contributed by atoms with Crippen LogP contribution in [0.4, 0.5) is 0 Å². The summed E-state index contributed by atoms with van der Waals surface area (Å²) in [6, 6.07) is 7.84. The molecular weight excluding hydrogens is 386 g/mol. The highest BCUT2D eigenvalue weighted by Crippen LogP contribution is 2.31. The molecule has 1 aromatic heterocycles. The number of nitrogens with zero attached hydrogens (tertiary/aromatic N) is 3. The lowest BCUT2D eigenvalue weighted by Crippen LogP contribution is -2.44. The van der Waals surface area contributed by atoms with Gasteiger partial charge in [0.15, 0.2) is 11.5 Å². The molecule has 2 aromatic rings. The number of hydrogen-bond donors (Lipinski definition) is 0. The summed E-state index contributed by atoms with van der Waals surface area (Å²) in [5.74, 6) is 1.55. The number of piperidine rings is 1. The second-order valence-corrected chi connectivity index (χ2v) is 8.11. The molecule has 0 amide bonds. The van der Waals surface area contributed by atoms with E-state index >= 15 is 0 Å². The minimum atomic E-state index is -3.69. The van der Waals surface area contributed by atoms with Gasteiger partial charge in [0.2, 0.25) is 21.8 Å². The molecule has 0 spiro atoms. The van der Waals surface area contributed by atoms with Crippen LogP contribution >= 0.6 is 0 Å². The molecule has 28 heavy (non-hydrogen) atoms. The Hall–Kier alpha value is -2.59. The molecule has 9 nitrogen and oxygen atoms in total. The third kappa shape index (κ3) is 4.28. The standard InChI is InChI=1S/C18H23N3O6S/c1-24-15-7-6-14(11-16(15)25-2)28(22,23)21-10-4-5-13(12-21)27-18-9-8-17(26-3)19-20-18/h6-9,11,13H,4-5,10,12H2,1-3H3. The van der Waals surface area contributed by atoms with Gasteiger partial charge in [0.25, 0.3) is 0 Å². The van der Waals surface area contributed by atoms with Crippen LogP contribution in [0.3, 0.4) is 0 Å². The molecule has 0 radical (unpaired) electrons. The van der Waals surface area contributed by atoms with Crippen LogP contribution in [0.1, 0.15) is 12.8 Å². The summed E-state index contributed by atoms with van der Waals surface area (Å²) in [7, 11) is 0.777. The van der Waals surface area contributed by atoms with E-state index in [2.05, 4.69) is 10.2 Å². The molecule has 1 aliphatic rings. The summed E-state index contributed by atoms with van der Waals surface area (Å²) < 4.78 is 48.7. The van der Waals surface area contributed by atoms with Gasteiger partial charge in [-0.25, -0.2) is 8.42 Å². The van der Waals surface area contributed by atoms with Crippen molar-refractivity contribution in [2.45, 2.75) is 23.8 Å². The molecule has 0 saturated carbocycles. The molecule has 1 saturated heterocycles. The summed E-state index contributed by atoms with van der Waals surface area (Å²) in [5.41, 5.74) is 0. The Balaban J connectivity index is 1.75. The van der Waals surface area contributed by atoms with Crippen molar-refractivity contribution >= 4 is 10.0 Å². The van der Waals surface area contributed by atoms with Crippen LogP contribution in [-0.2, 0) is 10.0 Å². The first kappa shape index (κ1) is 20.2. The summed E-state index contributed by atoms with van der Waals surface area (Å²) >= 11 is 0. The van der Waals surface area contributed by atoms with E-state index in [1.165, 1.54) is 37.8 Å². The van der Waals surface area contributed by atoms with E-state index in [1.807, 2.05) is 0 Å². The van der Waals surface area contributed by atoms with Gasteiger partial charge in [0.05, 0.1) is 32.8 Å². The number of aromatic nitrogens is 2. The average Bonchev–Trinajstić information content (AvgIpc) is 2.74. The number of ether oxygens (including phenoxy) is 4. The Morgan fingerprint density at radius 2 is 1.68 bits per heavy atom. The van der Waals surface area contributed by atoms with E-state index in [1.54, 1.807) is 18.2 Å². The fraction of sp³-hybridized carbons (Fsp3) is 0.444. The molecule has 1 aromatic carbocycles. The maximum Gasteiger partial charge on any atom is 0.243 e. The fourth-order valence-electron chi connectivity index (χ4n) is 3.00. The van der Waals surface area contributed by atoms with Crippen LogP contribution in [0, 0.1) is 0 Å². The lowest BCUT2D eigenvalue weighted by Gasteiger charge is -2.31. The molecule has 3 rings (SSSR count). The third-order valence-corrected chi connectivity index (χ3v) is 6.31. The molecule has 1 unspecified atom stereocenters. The van der Waals surface area contributed by atoms with Crippen molar-refractivity contribution in [3.8, 4) is 23.3 Å². The summed E-state index contributed by atoms with van der Waals surface area (Å²) in [4.78, 5) is 0.148. The molecule has 0 bridgehead atoms. The number of methoxy groups -OCH3 is 3. The van der Waals surface area contributed by atoms with Crippen molar-refractivity contribution < 1.29 is 27.4 Å². The minimum absolute atomic E-state index is 0.148. The first-order chi connectivity index (χ1) is 13.5. The monoisotopic (exact) mass is 409 g/mol. The molecule has 1 aliphatic heterocycles. The van der Waals surface area contributed by atoms with Gasteiger partial charge in [-0.3, -0.25) is 0 Å². The van der Waals surface area contributed by atoms with Gasteiger partial charge in [0.1, 0.15) is 6.10 Å². The second-order valence-electron chi connectivity index (χ2n) is 6.18. The molecule has 1 atom stereocenters. The van der Waals surface area contributed by atoms with Crippen LogP contribution in [0.25, 0.3) is 0 Å². The molecule has 1 fully saturated rings. The lowest BCUT2D eigenvalue weighted by atomic mass is 10.1. The van der Waals surface area contributed by atoms with E-state index in [9.17, 15) is 8.42 Å². The smallest absolute Gasteiger partial charge is 0.243 e. The van der Waals surface area contributed by atoms with Crippen molar-refractivity contribution in [1.29, 1.82) is 0 Å². The van der Waals surface area contributed by atoms with E-state index in [4.69, 9.17) is 18.9 Å².